The quantitative estimate of drug-likeness (QED) is 0.175. The van der Waals surface area contributed by atoms with Gasteiger partial charge in [0.15, 0.2) is 17.5 Å². The van der Waals surface area contributed by atoms with Gasteiger partial charge in [-0.3, -0.25) is 0 Å². The lowest BCUT2D eigenvalue weighted by Gasteiger charge is -2.19. The second-order valence-electron chi connectivity index (χ2n) is 14.7. The van der Waals surface area contributed by atoms with Crippen LogP contribution in [0, 0.1) is 11.3 Å². The average molecular weight is 755 g/mol. The fraction of sp³-hybridized carbons (Fsp3) is 0. The number of hydrogen-bond acceptors (Lipinski definition) is 5. The van der Waals surface area contributed by atoms with Crippen molar-refractivity contribution in [3.8, 4) is 51.6 Å². The summed E-state index contributed by atoms with van der Waals surface area (Å²) in [6.45, 7) is 0. The lowest BCUT2D eigenvalue weighted by Crippen LogP contribution is -2.07. The first kappa shape index (κ1) is 32.9. The molecule has 7 heteroatoms. The second-order valence-corrected chi connectivity index (χ2v) is 14.7. The van der Waals surface area contributed by atoms with Gasteiger partial charge in [0.05, 0.1) is 50.0 Å². The molecule has 8 aromatic carbocycles. The minimum absolute atomic E-state index is 0.486. The lowest BCUT2D eigenvalue weighted by atomic mass is 10.0. The summed E-state index contributed by atoms with van der Waals surface area (Å²) in [5.41, 5.74) is 9.87. The first-order chi connectivity index (χ1) is 29.2. The van der Waals surface area contributed by atoms with E-state index in [2.05, 4.69) is 118 Å². The molecule has 0 fully saturated rings. The largest absolute Gasteiger partial charge is 0.455 e. The monoisotopic (exact) mass is 754 g/mol. The molecule has 274 valence electrons. The molecule has 0 N–H and O–H groups in total. The van der Waals surface area contributed by atoms with Gasteiger partial charge < -0.3 is 13.6 Å². The summed E-state index contributed by atoms with van der Waals surface area (Å²) in [4.78, 5) is 15.1. The molecule has 0 aliphatic carbocycles. The Morgan fingerprint density at radius 2 is 0.847 bits per heavy atom. The Bertz CT molecular complexity index is 3520. The predicted octanol–water partition coefficient (Wildman–Crippen LogP) is 12.8. The molecule has 12 aromatic rings. The molecular formula is C52H30N6O. The average Bonchev–Trinajstić information content (AvgIpc) is 3.96. The number of para-hydroxylation sites is 5. The topological polar surface area (TPSA) is 85.5 Å². The van der Waals surface area contributed by atoms with Gasteiger partial charge in [0.2, 0.25) is 0 Å². The number of rotatable bonds is 5. The van der Waals surface area contributed by atoms with Gasteiger partial charge >= 0.3 is 0 Å². The molecule has 12 rings (SSSR count). The van der Waals surface area contributed by atoms with Crippen molar-refractivity contribution >= 4 is 65.6 Å². The zero-order valence-corrected chi connectivity index (χ0v) is 31.4. The van der Waals surface area contributed by atoms with Crippen molar-refractivity contribution in [2.75, 3.05) is 0 Å². The van der Waals surface area contributed by atoms with E-state index in [9.17, 15) is 5.26 Å². The Kier molecular flexibility index (Phi) is 7.16. The van der Waals surface area contributed by atoms with E-state index in [0.717, 1.165) is 82.4 Å². The normalized spacial score (nSPS) is 11.7. The van der Waals surface area contributed by atoms with Gasteiger partial charge in [0.25, 0.3) is 0 Å². The number of nitriles is 1. The van der Waals surface area contributed by atoms with Crippen LogP contribution in [0.4, 0.5) is 0 Å². The summed E-state index contributed by atoms with van der Waals surface area (Å²) in [5.74, 6) is 1.62. The van der Waals surface area contributed by atoms with Crippen molar-refractivity contribution in [2.45, 2.75) is 0 Å². The van der Waals surface area contributed by atoms with E-state index in [4.69, 9.17) is 19.4 Å². The molecule has 0 spiro atoms. The van der Waals surface area contributed by atoms with Crippen LogP contribution in [0.1, 0.15) is 5.56 Å². The van der Waals surface area contributed by atoms with Crippen molar-refractivity contribution in [2.24, 2.45) is 0 Å². The molecule has 4 aromatic heterocycles. The molecule has 0 saturated carbocycles. The van der Waals surface area contributed by atoms with Gasteiger partial charge in [-0.2, -0.15) is 5.26 Å². The van der Waals surface area contributed by atoms with Crippen LogP contribution in [0.15, 0.2) is 186 Å². The highest BCUT2D eigenvalue weighted by molar-refractivity contribution is 6.19. The van der Waals surface area contributed by atoms with Crippen LogP contribution in [-0.4, -0.2) is 24.1 Å². The first-order valence-corrected chi connectivity index (χ1v) is 19.5. The third-order valence-electron chi connectivity index (χ3n) is 11.4. The smallest absolute Gasteiger partial charge is 0.167 e. The maximum Gasteiger partial charge on any atom is 0.167 e. The van der Waals surface area contributed by atoms with E-state index >= 15 is 0 Å². The molecule has 7 nitrogen and oxygen atoms in total. The molecule has 0 unspecified atom stereocenters. The van der Waals surface area contributed by atoms with Crippen LogP contribution in [0.3, 0.4) is 0 Å². The third kappa shape index (κ3) is 4.90. The highest BCUT2D eigenvalue weighted by Crippen LogP contribution is 2.46. The van der Waals surface area contributed by atoms with E-state index in [-0.39, 0.29) is 0 Å². The second kappa shape index (κ2) is 12.8. The van der Waals surface area contributed by atoms with Gasteiger partial charge in [-0.1, -0.05) is 146 Å². The van der Waals surface area contributed by atoms with E-state index in [1.54, 1.807) is 0 Å². The highest BCUT2D eigenvalue weighted by Gasteiger charge is 2.28. The summed E-state index contributed by atoms with van der Waals surface area (Å²) in [7, 11) is 0. The lowest BCUT2D eigenvalue weighted by molar-refractivity contribution is 0.669. The van der Waals surface area contributed by atoms with Crippen LogP contribution in [0.5, 0.6) is 0 Å². The SMILES string of the molecule is N#Cc1cc2oc3c(-c4nc(-c5ccccc5)nc(-c5ccccc5)n4)cccc3c2c(-n2c3ccccc3c3ccccc32)c1-n1c2ccccc2c2ccccc21. The fourth-order valence-electron chi connectivity index (χ4n) is 8.89. The van der Waals surface area contributed by atoms with E-state index in [1.165, 1.54) is 0 Å². The fourth-order valence-corrected chi connectivity index (χ4v) is 8.89. The zero-order chi connectivity index (χ0) is 39.0. The third-order valence-corrected chi connectivity index (χ3v) is 11.4. The Balaban J connectivity index is 1.25. The summed E-state index contributed by atoms with van der Waals surface area (Å²) in [6, 6.07) is 64.4. The highest BCUT2D eigenvalue weighted by atomic mass is 16.3. The molecule has 0 aliphatic rings. The summed E-state index contributed by atoms with van der Waals surface area (Å²) >= 11 is 0. The summed E-state index contributed by atoms with van der Waals surface area (Å²) in [5, 5.41) is 17.4. The van der Waals surface area contributed by atoms with Crippen molar-refractivity contribution in [3.63, 3.8) is 0 Å². The van der Waals surface area contributed by atoms with E-state index in [1.807, 2.05) is 78.9 Å². The standard InChI is InChI=1S/C52H30N6O/c53-31-34-30-45-46(39-24-15-25-40(49(39)59-45)52-55-50(32-16-3-1-4-17-32)54-51(56-52)33-18-5-2-6-19-33)48(58-43-28-13-9-22-37(43)38-23-10-14-29-44(38)58)47(34)57-41-26-11-7-20-35(41)36-21-8-12-27-42(36)57/h1-30H. The van der Waals surface area contributed by atoms with E-state index < -0.39 is 0 Å². The van der Waals surface area contributed by atoms with Crippen LogP contribution >= 0.6 is 0 Å². The van der Waals surface area contributed by atoms with Gasteiger partial charge in [0, 0.05) is 44.1 Å². The number of furan rings is 1. The molecule has 0 amide bonds. The molecule has 0 radical (unpaired) electrons. The maximum absolute atomic E-state index is 11.2. The molecule has 0 atom stereocenters. The van der Waals surface area contributed by atoms with Crippen LogP contribution in [0.2, 0.25) is 0 Å². The molecule has 4 heterocycles. The van der Waals surface area contributed by atoms with E-state index in [0.29, 0.717) is 34.2 Å². The molecule has 0 aliphatic heterocycles. The number of benzene rings is 8. The molecule has 0 saturated heterocycles. The number of fused-ring (bicyclic) bond motifs is 9. The summed E-state index contributed by atoms with van der Waals surface area (Å²) in [6.07, 6.45) is 0. The Hall–Kier alpha value is -8.34. The zero-order valence-electron chi connectivity index (χ0n) is 31.4. The van der Waals surface area contributed by atoms with Crippen molar-refractivity contribution < 1.29 is 4.42 Å². The number of aromatic nitrogens is 5. The van der Waals surface area contributed by atoms with Gasteiger partial charge in [0.1, 0.15) is 17.2 Å². The minimum atomic E-state index is 0.486. The van der Waals surface area contributed by atoms with Gasteiger partial charge in [-0.15, -0.1) is 0 Å². The van der Waals surface area contributed by atoms with Crippen LogP contribution in [0.25, 0.3) is 111 Å². The van der Waals surface area contributed by atoms with Crippen LogP contribution in [-0.2, 0) is 0 Å². The maximum atomic E-state index is 11.2. The Morgan fingerprint density at radius 3 is 1.34 bits per heavy atom. The molecule has 0 bridgehead atoms. The predicted molar refractivity (Wildman–Crippen MR) is 237 cm³/mol. The number of nitrogens with zero attached hydrogens (tertiary/aromatic N) is 6. The number of hydrogen-bond donors (Lipinski definition) is 0. The van der Waals surface area contributed by atoms with Gasteiger partial charge in [-0.25, -0.2) is 15.0 Å². The van der Waals surface area contributed by atoms with Crippen LogP contribution < -0.4 is 0 Å². The molecule has 59 heavy (non-hydrogen) atoms. The first-order valence-electron chi connectivity index (χ1n) is 19.5. The van der Waals surface area contributed by atoms with Crippen molar-refractivity contribution in [1.29, 1.82) is 5.26 Å². The minimum Gasteiger partial charge on any atom is -0.455 e. The Labute approximate surface area is 337 Å². The Morgan fingerprint density at radius 1 is 0.424 bits per heavy atom. The van der Waals surface area contributed by atoms with Crippen molar-refractivity contribution in [1.82, 2.24) is 24.1 Å². The van der Waals surface area contributed by atoms with Gasteiger partial charge in [-0.05, 0) is 30.3 Å². The summed E-state index contributed by atoms with van der Waals surface area (Å²) < 4.78 is 11.6. The molecular weight excluding hydrogens is 725 g/mol. The van der Waals surface area contributed by atoms with Crippen molar-refractivity contribution in [3.05, 3.63) is 188 Å².